The Labute approximate surface area is 145 Å². The van der Waals surface area contributed by atoms with Gasteiger partial charge in [-0.15, -0.1) is 0 Å². The second-order valence-corrected chi connectivity index (χ2v) is 5.65. The van der Waals surface area contributed by atoms with E-state index in [1.165, 1.54) is 6.21 Å². The summed E-state index contributed by atoms with van der Waals surface area (Å²) < 4.78 is 5.48. The number of hydrogen-bond acceptors (Lipinski definition) is 4. The van der Waals surface area contributed by atoms with Crippen LogP contribution in [-0.2, 0) is 4.79 Å². The van der Waals surface area contributed by atoms with Crippen LogP contribution in [0.1, 0.15) is 11.1 Å². The van der Waals surface area contributed by atoms with E-state index in [1.807, 2.05) is 55.5 Å². The summed E-state index contributed by atoms with van der Waals surface area (Å²) in [5.41, 5.74) is 3.85. The number of rotatable bonds is 5. The number of carbonyl (C=O) groups excluding carboxylic acids is 1. The topological polar surface area (TPSA) is 70.9 Å². The zero-order valence-electron chi connectivity index (χ0n) is 13.8. The van der Waals surface area contributed by atoms with Crippen LogP contribution in [-0.4, -0.2) is 23.8 Å². The Morgan fingerprint density at radius 3 is 2.72 bits per heavy atom. The summed E-state index contributed by atoms with van der Waals surface area (Å²) in [6.07, 6.45) is 1.39. The number of fused-ring (bicyclic) bond motifs is 1. The minimum atomic E-state index is -0.379. The van der Waals surface area contributed by atoms with Gasteiger partial charge in [-0.25, -0.2) is 5.43 Å². The van der Waals surface area contributed by atoms with Crippen molar-refractivity contribution >= 4 is 22.9 Å². The summed E-state index contributed by atoms with van der Waals surface area (Å²) in [7, 11) is 0. The first-order valence-corrected chi connectivity index (χ1v) is 7.85. The zero-order chi connectivity index (χ0) is 17.6. The summed E-state index contributed by atoms with van der Waals surface area (Å²) in [5, 5.41) is 15.8. The number of phenolic OH excluding ortho intramolecular Hbond substituents is 1. The van der Waals surface area contributed by atoms with E-state index in [9.17, 15) is 9.90 Å². The Hall–Kier alpha value is -3.34. The third-order valence-corrected chi connectivity index (χ3v) is 3.67. The van der Waals surface area contributed by atoms with Crippen molar-refractivity contribution in [3.8, 4) is 11.5 Å². The predicted octanol–water partition coefficient (Wildman–Crippen LogP) is 3.38. The lowest BCUT2D eigenvalue weighted by molar-refractivity contribution is -0.123. The van der Waals surface area contributed by atoms with Crippen LogP contribution >= 0.6 is 0 Å². The van der Waals surface area contributed by atoms with Gasteiger partial charge in [0.15, 0.2) is 6.61 Å². The average Bonchev–Trinajstić information content (AvgIpc) is 2.61. The zero-order valence-corrected chi connectivity index (χ0v) is 13.8. The van der Waals surface area contributed by atoms with Crippen LogP contribution < -0.4 is 10.2 Å². The normalized spacial score (nSPS) is 10.9. The molecule has 3 aromatic rings. The van der Waals surface area contributed by atoms with Gasteiger partial charge in [0.05, 0.1) is 6.21 Å². The Balaban J connectivity index is 1.54. The van der Waals surface area contributed by atoms with E-state index >= 15 is 0 Å². The Kier molecular flexibility index (Phi) is 4.95. The Morgan fingerprint density at radius 1 is 1.12 bits per heavy atom. The van der Waals surface area contributed by atoms with Gasteiger partial charge in [-0.05, 0) is 47.5 Å². The van der Waals surface area contributed by atoms with E-state index in [1.54, 1.807) is 12.1 Å². The van der Waals surface area contributed by atoms with Crippen molar-refractivity contribution in [2.24, 2.45) is 5.10 Å². The van der Waals surface area contributed by atoms with Crippen molar-refractivity contribution in [2.75, 3.05) is 6.61 Å². The number of ether oxygens (including phenoxy) is 1. The number of carbonyl (C=O) groups is 1. The van der Waals surface area contributed by atoms with Crippen LogP contribution in [0.25, 0.3) is 10.8 Å². The molecule has 0 spiro atoms. The molecule has 2 N–H and O–H groups in total. The molecular formula is C20H18N2O3. The number of benzene rings is 3. The van der Waals surface area contributed by atoms with Gasteiger partial charge in [-0.2, -0.15) is 5.10 Å². The van der Waals surface area contributed by atoms with Crippen molar-refractivity contribution in [3.63, 3.8) is 0 Å². The maximum Gasteiger partial charge on any atom is 0.277 e. The first kappa shape index (κ1) is 16.5. The summed E-state index contributed by atoms with van der Waals surface area (Å²) in [6.45, 7) is 1.74. The largest absolute Gasteiger partial charge is 0.507 e. The van der Waals surface area contributed by atoms with Crippen molar-refractivity contribution < 1.29 is 14.6 Å². The van der Waals surface area contributed by atoms with Gasteiger partial charge in [0.1, 0.15) is 11.5 Å². The van der Waals surface area contributed by atoms with E-state index in [0.717, 1.165) is 16.3 Å². The fourth-order valence-electron chi connectivity index (χ4n) is 2.38. The average molecular weight is 334 g/mol. The van der Waals surface area contributed by atoms with E-state index < -0.39 is 0 Å². The number of hydrogen-bond donors (Lipinski definition) is 2. The molecule has 1 amide bonds. The van der Waals surface area contributed by atoms with Crippen LogP contribution in [0.2, 0.25) is 0 Å². The number of aromatic hydroxyl groups is 1. The maximum atomic E-state index is 11.8. The van der Waals surface area contributed by atoms with Gasteiger partial charge >= 0.3 is 0 Å². The Bertz CT molecular complexity index is 935. The molecule has 0 aliphatic carbocycles. The predicted molar refractivity (Wildman–Crippen MR) is 98.0 cm³/mol. The van der Waals surface area contributed by atoms with E-state index in [2.05, 4.69) is 10.5 Å². The standard InChI is InChI=1S/C20H18N2O3/c1-14-6-7-17(19(23)10-14)12-21-22-20(24)13-25-18-9-8-15-4-2-3-5-16(15)11-18/h2-12,23H,13H2,1H3,(H,22,24)/b21-12-. The molecule has 0 unspecified atom stereocenters. The van der Waals surface area contributed by atoms with Gasteiger partial charge < -0.3 is 9.84 Å². The second kappa shape index (κ2) is 7.49. The van der Waals surface area contributed by atoms with Crippen LogP contribution in [0.4, 0.5) is 0 Å². The smallest absolute Gasteiger partial charge is 0.277 e. The highest BCUT2D eigenvalue weighted by atomic mass is 16.5. The number of phenols is 1. The molecule has 0 saturated heterocycles. The quantitative estimate of drug-likeness (QED) is 0.555. The van der Waals surface area contributed by atoms with Gasteiger partial charge in [-0.1, -0.05) is 36.4 Å². The number of hydrazone groups is 1. The molecule has 0 heterocycles. The lowest BCUT2D eigenvalue weighted by atomic mass is 10.1. The first-order chi connectivity index (χ1) is 12.1. The number of nitrogens with one attached hydrogen (secondary N) is 1. The first-order valence-electron chi connectivity index (χ1n) is 7.85. The van der Waals surface area contributed by atoms with Crippen molar-refractivity contribution in [2.45, 2.75) is 6.92 Å². The molecule has 126 valence electrons. The monoisotopic (exact) mass is 334 g/mol. The van der Waals surface area contributed by atoms with Gasteiger partial charge in [0.25, 0.3) is 5.91 Å². The third kappa shape index (κ3) is 4.35. The molecule has 0 atom stereocenters. The van der Waals surface area contributed by atoms with Crippen LogP contribution in [0.3, 0.4) is 0 Å². The van der Waals surface area contributed by atoms with Crippen LogP contribution in [0.5, 0.6) is 11.5 Å². The van der Waals surface area contributed by atoms with E-state index in [0.29, 0.717) is 11.3 Å². The number of amides is 1. The Morgan fingerprint density at radius 2 is 1.92 bits per heavy atom. The molecule has 3 aromatic carbocycles. The molecule has 0 bridgehead atoms. The lowest BCUT2D eigenvalue weighted by Crippen LogP contribution is -2.24. The third-order valence-electron chi connectivity index (χ3n) is 3.67. The second-order valence-electron chi connectivity index (χ2n) is 5.65. The molecule has 5 heteroatoms. The molecule has 0 saturated carbocycles. The molecule has 0 aliphatic heterocycles. The van der Waals surface area contributed by atoms with Crippen molar-refractivity contribution in [1.82, 2.24) is 5.43 Å². The van der Waals surface area contributed by atoms with Crippen molar-refractivity contribution in [1.29, 1.82) is 0 Å². The molecule has 5 nitrogen and oxygen atoms in total. The van der Waals surface area contributed by atoms with Gasteiger partial charge in [0, 0.05) is 5.56 Å². The molecule has 25 heavy (non-hydrogen) atoms. The highest BCUT2D eigenvalue weighted by Crippen LogP contribution is 2.20. The highest BCUT2D eigenvalue weighted by molar-refractivity contribution is 5.86. The minimum absolute atomic E-state index is 0.116. The molecule has 3 rings (SSSR count). The summed E-state index contributed by atoms with van der Waals surface area (Å²) >= 11 is 0. The maximum absolute atomic E-state index is 11.8. The van der Waals surface area contributed by atoms with E-state index in [4.69, 9.17) is 4.74 Å². The van der Waals surface area contributed by atoms with Crippen LogP contribution in [0, 0.1) is 6.92 Å². The SMILES string of the molecule is Cc1ccc(/C=N\NC(=O)COc2ccc3ccccc3c2)c(O)c1. The summed E-state index contributed by atoms with van der Waals surface area (Å²) in [6, 6.07) is 18.8. The van der Waals surface area contributed by atoms with Gasteiger partial charge in [0.2, 0.25) is 0 Å². The number of nitrogens with zero attached hydrogens (tertiary/aromatic N) is 1. The fraction of sp³-hybridized carbons (Fsp3) is 0.100. The summed E-state index contributed by atoms with van der Waals surface area (Å²) in [5.74, 6) is 0.357. The molecule has 0 radical (unpaired) electrons. The van der Waals surface area contributed by atoms with Crippen LogP contribution in [0.15, 0.2) is 65.8 Å². The highest BCUT2D eigenvalue weighted by Gasteiger charge is 2.03. The fourth-order valence-corrected chi connectivity index (χ4v) is 2.38. The molecule has 0 aromatic heterocycles. The minimum Gasteiger partial charge on any atom is -0.507 e. The number of aryl methyl sites for hydroxylation is 1. The molecular weight excluding hydrogens is 316 g/mol. The summed E-state index contributed by atoms with van der Waals surface area (Å²) in [4.78, 5) is 11.8. The molecule has 0 fully saturated rings. The molecule has 0 aliphatic rings. The van der Waals surface area contributed by atoms with Crippen molar-refractivity contribution in [3.05, 3.63) is 71.8 Å². The lowest BCUT2D eigenvalue weighted by Gasteiger charge is -2.06. The van der Waals surface area contributed by atoms with Gasteiger partial charge in [-0.3, -0.25) is 4.79 Å². The van der Waals surface area contributed by atoms with E-state index in [-0.39, 0.29) is 18.3 Å².